The lowest BCUT2D eigenvalue weighted by atomic mass is 9.94. The first-order valence-electron chi connectivity index (χ1n) is 12.3. The third kappa shape index (κ3) is 7.15. The molecule has 1 amide bonds. The van der Waals surface area contributed by atoms with Gasteiger partial charge in [0.1, 0.15) is 17.4 Å². The fraction of sp³-hybridized carbons (Fsp3) is 0.500. The summed E-state index contributed by atoms with van der Waals surface area (Å²) in [5.74, 6) is -1.65. The van der Waals surface area contributed by atoms with Crippen LogP contribution in [0, 0.1) is 17.6 Å². The number of benzene rings is 2. The normalized spacial score (nSPS) is 17.8. The van der Waals surface area contributed by atoms with Crippen LogP contribution in [-0.2, 0) is 14.8 Å². The third-order valence-electron chi connectivity index (χ3n) is 6.91. The number of carbonyl (C=O) groups is 1. The molecule has 2 aromatic rings. The number of ether oxygens (including phenoxy) is 2. The first-order chi connectivity index (χ1) is 18.0. The molecule has 0 spiro atoms. The van der Waals surface area contributed by atoms with Gasteiger partial charge in [0, 0.05) is 23.8 Å². The van der Waals surface area contributed by atoms with E-state index in [1.54, 1.807) is 13.2 Å². The van der Waals surface area contributed by atoms with Crippen LogP contribution in [0.25, 0.3) is 0 Å². The molecule has 0 bridgehead atoms. The fourth-order valence-electron chi connectivity index (χ4n) is 4.81. The third-order valence-corrected chi connectivity index (χ3v) is 7.96. The van der Waals surface area contributed by atoms with Crippen LogP contribution in [0.1, 0.15) is 59.1 Å². The lowest BCUT2D eigenvalue weighted by molar-refractivity contribution is 0.0540. The Bertz CT molecular complexity index is 1300. The summed E-state index contributed by atoms with van der Waals surface area (Å²) >= 11 is 12.2. The van der Waals surface area contributed by atoms with Crippen LogP contribution in [0.2, 0.25) is 10.0 Å². The SMILES string of the molecule is COCC(c1cc(Cl)cc(Cl)c1F)N1CCC(COc2cc(F)c(C(=O)NS(C)(=O)=O)cc2C2CC2)CC1. The van der Waals surface area contributed by atoms with E-state index in [0.717, 1.165) is 31.9 Å². The molecule has 1 aliphatic carbocycles. The van der Waals surface area contributed by atoms with Gasteiger partial charge in [0.05, 0.1) is 36.1 Å². The fourth-order valence-corrected chi connectivity index (χ4v) is 5.77. The van der Waals surface area contributed by atoms with Crippen molar-refractivity contribution in [2.75, 3.05) is 39.7 Å². The number of nitrogens with one attached hydrogen (secondary N) is 1. The van der Waals surface area contributed by atoms with Gasteiger partial charge in [0.25, 0.3) is 5.91 Å². The summed E-state index contributed by atoms with van der Waals surface area (Å²) in [6.07, 6.45) is 4.15. The van der Waals surface area contributed by atoms with Gasteiger partial charge >= 0.3 is 0 Å². The number of sulfonamides is 1. The molecule has 1 aliphatic heterocycles. The summed E-state index contributed by atoms with van der Waals surface area (Å²) in [4.78, 5) is 14.4. The number of amides is 1. The molecule has 1 N–H and O–H groups in total. The second kappa shape index (κ2) is 12.0. The van der Waals surface area contributed by atoms with Crippen LogP contribution in [0.4, 0.5) is 8.78 Å². The second-order valence-electron chi connectivity index (χ2n) is 9.90. The average molecular weight is 592 g/mol. The molecule has 7 nitrogen and oxygen atoms in total. The maximum absolute atomic E-state index is 14.8. The van der Waals surface area contributed by atoms with Gasteiger partial charge < -0.3 is 9.47 Å². The van der Waals surface area contributed by atoms with Crippen LogP contribution in [0.3, 0.4) is 0 Å². The van der Waals surface area contributed by atoms with Crippen molar-refractivity contribution >= 4 is 39.1 Å². The van der Waals surface area contributed by atoms with Crippen molar-refractivity contribution in [3.05, 3.63) is 62.6 Å². The van der Waals surface area contributed by atoms with E-state index < -0.39 is 27.6 Å². The highest BCUT2D eigenvalue weighted by molar-refractivity contribution is 7.89. The Labute approximate surface area is 231 Å². The zero-order valence-corrected chi connectivity index (χ0v) is 23.4. The summed E-state index contributed by atoms with van der Waals surface area (Å²) in [6.45, 7) is 1.96. The molecule has 4 rings (SSSR count). The van der Waals surface area contributed by atoms with Crippen molar-refractivity contribution < 1.29 is 31.5 Å². The van der Waals surface area contributed by atoms with Gasteiger partial charge in [0.15, 0.2) is 0 Å². The Morgan fingerprint density at radius 2 is 1.82 bits per heavy atom. The zero-order chi connectivity index (χ0) is 27.6. The summed E-state index contributed by atoms with van der Waals surface area (Å²) in [5, 5.41) is 0.324. The van der Waals surface area contributed by atoms with Gasteiger partial charge in [-0.25, -0.2) is 21.9 Å². The van der Waals surface area contributed by atoms with E-state index >= 15 is 0 Å². The standard InChI is InChI=1S/C26H30Cl2F2N2O5S/c1-36-14-23(20-9-17(27)10-21(28)25(20)30)32-7-5-15(6-8-32)13-37-24-12-22(29)19(11-18(24)16-3-4-16)26(33)31-38(2,34)35/h9-12,15-16,23H,3-8,13-14H2,1-2H3,(H,31,33). The van der Waals surface area contributed by atoms with Crippen molar-refractivity contribution in [3.8, 4) is 5.75 Å². The first kappa shape index (κ1) is 29.0. The highest BCUT2D eigenvalue weighted by Gasteiger charge is 2.32. The topological polar surface area (TPSA) is 84.9 Å². The minimum absolute atomic E-state index is 0.0320. The first-order valence-corrected chi connectivity index (χ1v) is 15.0. The van der Waals surface area contributed by atoms with Crippen LogP contribution >= 0.6 is 23.2 Å². The van der Waals surface area contributed by atoms with E-state index in [1.807, 2.05) is 4.72 Å². The van der Waals surface area contributed by atoms with Crippen molar-refractivity contribution in [1.29, 1.82) is 0 Å². The molecule has 0 radical (unpaired) electrons. The number of rotatable bonds is 10. The maximum Gasteiger partial charge on any atom is 0.267 e. The Hall–Kier alpha value is -1.98. The van der Waals surface area contributed by atoms with Crippen LogP contribution in [0.5, 0.6) is 5.75 Å². The smallest absolute Gasteiger partial charge is 0.267 e. The van der Waals surface area contributed by atoms with Crippen LogP contribution in [0.15, 0.2) is 24.3 Å². The van der Waals surface area contributed by atoms with E-state index in [1.165, 1.54) is 18.2 Å². The van der Waals surface area contributed by atoms with Gasteiger partial charge in [-0.3, -0.25) is 9.69 Å². The number of likely N-dealkylation sites (tertiary alicyclic amines) is 1. The van der Waals surface area contributed by atoms with E-state index in [4.69, 9.17) is 32.7 Å². The number of nitrogens with zero attached hydrogens (tertiary/aromatic N) is 1. The highest BCUT2D eigenvalue weighted by atomic mass is 35.5. The summed E-state index contributed by atoms with van der Waals surface area (Å²) in [5.41, 5.74) is 0.773. The number of methoxy groups -OCH3 is 1. The van der Waals surface area contributed by atoms with E-state index in [2.05, 4.69) is 4.90 Å². The molecule has 208 valence electrons. The molecule has 2 fully saturated rings. The quantitative estimate of drug-likeness (QED) is 0.377. The minimum atomic E-state index is -3.82. The predicted octanol–water partition coefficient (Wildman–Crippen LogP) is 5.32. The summed E-state index contributed by atoms with van der Waals surface area (Å²) in [7, 11) is -2.26. The van der Waals surface area contributed by atoms with Gasteiger partial charge in [0.2, 0.25) is 10.0 Å². The monoisotopic (exact) mass is 590 g/mol. The predicted molar refractivity (Wildman–Crippen MR) is 142 cm³/mol. The van der Waals surface area contributed by atoms with E-state index in [9.17, 15) is 22.0 Å². The number of hydrogen-bond donors (Lipinski definition) is 1. The molecular weight excluding hydrogens is 561 g/mol. The van der Waals surface area contributed by atoms with Gasteiger partial charge in [-0.05, 0) is 74.4 Å². The van der Waals surface area contributed by atoms with E-state index in [-0.39, 0.29) is 35.1 Å². The Balaban J connectivity index is 1.41. The minimum Gasteiger partial charge on any atom is -0.493 e. The number of piperidine rings is 1. The molecule has 38 heavy (non-hydrogen) atoms. The van der Waals surface area contributed by atoms with Crippen molar-refractivity contribution in [2.45, 2.75) is 37.6 Å². The lowest BCUT2D eigenvalue weighted by Gasteiger charge is -2.37. The Kier molecular flexibility index (Phi) is 9.19. The average Bonchev–Trinajstić information content (AvgIpc) is 3.68. The molecule has 2 aromatic carbocycles. The lowest BCUT2D eigenvalue weighted by Crippen LogP contribution is -2.40. The zero-order valence-electron chi connectivity index (χ0n) is 21.1. The maximum atomic E-state index is 14.8. The largest absolute Gasteiger partial charge is 0.493 e. The van der Waals surface area contributed by atoms with Crippen molar-refractivity contribution in [3.63, 3.8) is 0 Å². The van der Waals surface area contributed by atoms with E-state index in [0.29, 0.717) is 41.6 Å². The molecular formula is C26H30Cl2F2N2O5S. The Morgan fingerprint density at radius 1 is 1.13 bits per heavy atom. The number of hydrogen-bond acceptors (Lipinski definition) is 6. The molecule has 1 saturated heterocycles. The summed E-state index contributed by atoms with van der Waals surface area (Å²) in [6, 6.07) is 5.17. The molecule has 0 aromatic heterocycles. The molecule has 1 unspecified atom stereocenters. The molecule has 1 heterocycles. The number of carbonyl (C=O) groups excluding carboxylic acids is 1. The van der Waals surface area contributed by atoms with Crippen LogP contribution in [-0.4, -0.2) is 58.9 Å². The highest BCUT2D eigenvalue weighted by Crippen LogP contribution is 2.45. The second-order valence-corrected chi connectivity index (χ2v) is 12.5. The van der Waals surface area contributed by atoms with Gasteiger partial charge in [-0.15, -0.1) is 0 Å². The molecule has 1 saturated carbocycles. The Morgan fingerprint density at radius 3 is 2.42 bits per heavy atom. The van der Waals surface area contributed by atoms with Gasteiger partial charge in [-0.2, -0.15) is 0 Å². The molecule has 2 aliphatic rings. The van der Waals surface area contributed by atoms with Gasteiger partial charge in [-0.1, -0.05) is 23.2 Å². The van der Waals surface area contributed by atoms with Crippen molar-refractivity contribution in [2.24, 2.45) is 5.92 Å². The summed E-state index contributed by atoms with van der Waals surface area (Å²) < 4.78 is 65.6. The molecule has 12 heteroatoms. The van der Waals surface area contributed by atoms with Crippen molar-refractivity contribution in [1.82, 2.24) is 9.62 Å². The number of halogens is 4. The molecule has 1 atom stereocenters. The van der Waals surface area contributed by atoms with Crippen LogP contribution < -0.4 is 9.46 Å².